The molecule has 4 nitrogen and oxygen atoms in total. The molecular formula is C18H24N2O2. The van der Waals surface area contributed by atoms with E-state index in [1.54, 1.807) is 12.2 Å². The Kier molecular flexibility index (Phi) is 7.02. The van der Waals surface area contributed by atoms with Gasteiger partial charge in [0.25, 0.3) is 0 Å². The van der Waals surface area contributed by atoms with Gasteiger partial charge in [-0.05, 0) is 62.5 Å². The lowest BCUT2D eigenvalue weighted by Crippen LogP contribution is -2.04. The number of rotatable bonds is 3. The van der Waals surface area contributed by atoms with Crippen molar-refractivity contribution in [2.24, 2.45) is 9.98 Å². The highest BCUT2D eigenvalue weighted by atomic mass is 16.1. The van der Waals surface area contributed by atoms with Crippen LogP contribution in [0.4, 0.5) is 0 Å². The van der Waals surface area contributed by atoms with Gasteiger partial charge in [0, 0.05) is 0 Å². The lowest BCUT2D eigenvalue weighted by atomic mass is 9.86. The van der Waals surface area contributed by atoms with Gasteiger partial charge < -0.3 is 0 Å². The van der Waals surface area contributed by atoms with Crippen LogP contribution in [0.3, 0.4) is 0 Å². The fourth-order valence-corrected chi connectivity index (χ4v) is 3.49. The van der Waals surface area contributed by atoms with Crippen LogP contribution in [0, 0.1) is 0 Å². The van der Waals surface area contributed by atoms with Gasteiger partial charge in [-0.15, -0.1) is 0 Å². The summed E-state index contributed by atoms with van der Waals surface area (Å²) in [4.78, 5) is 29.6. The number of allylic oxidation sites excluding steroid dienone is 4. The molecule has 0 atom stereocenters. The van der Waals surface area contributed by atoms with Crippen molar-refractivity contribution < 1.29 is 9.59 Å². The number of aliphatic imine (C=N–C) groups is 2. The molecule has 0 saturated heterocycles. The van der Waals surface area contributed by atoms with E-state index in [0.717, 1.165) is 73.9 Å². The van der Waals surface area contributed by atoms with Crippen molar-refractivity contribution >= 4 is 12.2 Å². The van der Waals surface area contributed by atoms with Crippen molar-refractivity contribution in [1.82, 2.24) is 0 Å². The first-order chi connectivity index (χ1) is 10.9. The second kappa shape index (κ2) is 9.30. The zero-order valence-corrected chi connectivity index (χ0v) is 13.2. The van der Waals surface area contributed by atoms with Gasteiger partial charge in [-0.2, -0.15) is 9.98 Å². The van der Waals surface area contributed by atoms with Gasteiger partial charge in [-0.25, -0.2) is 9.59 Å². The van der Waals surface area contributed by atoms with Crippen LogP contribution < -0.4 is 0 Å². The highest BCUT2D eigenvalue weighted by molar-refractivity contribution is 5.47. The van der Waals surface area contributed by atoms with E-state index in [4.69, 9.17) is 0 Å². The van der Waals surface area contributed by atoms with E-state index in [-0.39, 0.29) is 0 Å². The molecule has 0 amide bonds. The Bertz CT molecular complexity index is 497. The Hall–Kier alpha value is -1.76. The normalized spacial score (nSPS) is 20.9. The van der Waals surface area contributed by atoms with E-state index in [2.05, 4.69) is 9.98 Å². The molecule has 0 saturated carbocycles. The van der Waals surface area contributed by atoms with Crippen molar-refractivity contribution in [3.05, 3.63) is 22.5 Å². The maximum absolute atomic E-state index is 10.8. The predicted octanol–water partition coefficient (Wildman–Crippen LogP) is 4.87. The third-order valence-electron chi connectivity index (χ3n) is 4.60. The minimum Gasteiger partial charge on any atom is -0.211 e. The predicted molar refractivity (Wildman–Crippen MR) is 85.7 cm³/mol. The number of hydrogen-bond acceptors (Lipinski definition) is 4. The van der Waals surface area contributed by atoms with Crippen LogP contribution in [0.2, 0.25) is 0 Å². The van der Waals surface area contributed by atoms with Crippen LogP contribution in [-0.2, 0) is 9.59 Å². The topological polar surface area (TPSA) is 58.9 Å². The lowest BCUT2D eigenvalue weighted by molar-refractivity contribution is 0.558. The smallest absolute Gasteiger partial charge is 0.211 e. The summed E-state index contributed by atoms with van der Waals surface area (Å²) in [5.74, 6) is 0. The summed E-state index contributed by atoms with van der Waals surface area (Å²) in [6.45, 7) is 0. The molecule has 2 aliphatic carbocycles. The maximum Gasteiger partial charge on any atom is 0.240 e. The second-order valence-electron chi connectivity index (χ2n) is 6.09. The van der Waals surface area contributed by atoms with Crippen molar-refractivity contribution in [3.63, 3.8) is 0 Å². The van der Waals surface area contributed by atoms with Crippen LogP contribution in [0.25, 0.3) is 0 Å². The summed E-state index contributed by atoms with van der Waals surface area (Å²) in [5, 5.41) is 0. The first-order valence-electron chi connectivity index (χ1n) is 8.47. The van der Waals surface area contributed by atoms with E-state index >= 15 is 0 Å². The molecule has 0 aromatic heterocycles. The molecule has 4 heteroatoms. The molecule has 0 aromatic carbocycles. The van der Waals surface area contributed by atoms with Gasteiger partial charge in [0.1, 0.15) is 0 Å². The molecular weight excluding hydrogens is 276 g/mol. The number of isocyanates is 2. The van der Waals surface area contributed by atoms with Crippen LogP contribution >= 0.6 is 0 Å². The molecule has 0 N–H and O–H groups in total. The van der Waals surface area contributed by atoms with Crippen LogP contribution in [0.15, 0.2) is 32.5 Å². The molecule has 0 unspecified atom stereocenters. The van der Waals surface area contributed by atoms with Crippen LogP contribution in [0.1, 0.15) is 77.0 Å². The standard InChI is InChI=1S/C18H24N2O2/c21-13-19-17-11-7-3-1-5-9-15(17)16-10-6-2-4-8-12-18(16)20-14-22/h1-12H2. The zero-order valence-electron chi connectivity index (χ0n) is 13.2. The molecule has 0 aromatic rings. The highest BCUT2D eigenvalue weighted by Gasteiger charge is 2.19. The van der Waals surface area contributed by atoms with Crippen molar-refractivity contribution in [2.75, 3.05) is 0 Å². The van der Waals surface area contributed by atoms with E-state index in [1.165, 1.54) is 25.7 Å². The van der Waals surface area contributed by atoms with Gasteiger partial charge in [0.05, 0.1) is 11.4 Å². The van der Waals surface area contributed by atoms with E-state index in [9.17, 15) is 9.59 Å². The van der Waals surface area contributed by atoms with Crippen molar-refractivity contribution in [2.45, 2.75) is 77.0 Å². The molecule has 0 fully saturated rings. The lowest BCUT2D eigenvalue weighted by Gasteiger charge is -2.21. The second-order valence-corrected chi connectivity index (χ2v) is 6.09. The van der Waals surface area contributed by atoms with E-state index < -0.39 is 0 Å². The van der Waals surface area contributed by atoms with Crippen LogP contribution in [0.5, 0.6) is 0 Å². The number of nitrogens with zero attached hydrogens (tertiary/aromatic N) is 2. The van der Waals surface area contributed by atoms with Gasteiger partial charge in [-0.1, -0.05) is 25.7 Å². The summed E-state index contributed by atoms with van der Waals surface area (Å²) >= 11 is 0. The van der Waals surface area contributed by atoms with E-state index in [1.807, 2.05) is 0 Å². The van der Waals surface area contributed by atoms with Gasteiger partial charge >= 0.3 is 0 Å². The average molecular weight is 300 g/mol. The van der Waals surface area contributed by atoms with E-state index in [0.29, 0.717) is 0 Å². The maximum atomic E-state index is 10.8. The molecule has 0 bridgehead atoms. The molecule has 2 aliphatic rings. The quantitative estimate of drug-likeness (QED) is 0.551. The van der Waals surface area contributed by atoms with Gasteiger partial charge in [-0.3, -0.25) is 0 Å². The fourth-order valence-electron chi connectivity index (χ4n) is 3.49. The number of carbonyl (C=O) groups excluding carboxylic acids is 2. The summed E-state index contributed by atoms with van der Waals surface area (Å²) in [6.07, 6.45) is 16.0. The SMILES string of the molecule is O=C=NC1=C(C2=C(N=C=O)CCCCCC2)CCCCCC1. The van der Waals surface area contributed by atoms with Crippen molar-refractivity contribution in [1.29, 1.82) is 0 Å². The third-order valence-corrected chi connectivity index (χ3v) is 4.60. The Balaban J connectivity index is 2.50. The fraction of sp³-hybridized carbons (Fsp3) is 0.667. The molecule has 22 heavy (non-hydrogen) atoms. The van der Waals surface area contributed by atoms with Crippen LogP contribution in [-0.4, -0.2) is 12.2 Å². The monoisotopic (exact) mass is 300 g/mol. The summed E-state index contributed by atoms with van der Waals surface area (Å²) in [6, 6.07) is 0. The molecule has 0 radical (unpaired) electrons. The molecule has 0 aliphatic heterocycles. The Morgan fingerprint density at radius 1 is 0.545 bits per heavy atom. The molecule has 118 valence electrons. The molecule has 0 heterocycles. The summed E-state index contributed by atoms with van der Waals surface area (Å²) in [5.41, 5.74) is 4.03. The number of hydrogen-bond donors (Lipinski definition) is 0. The minimum atomic E-state index is 0.826. The summed E-state index contributed by atoms with van der Waals surface area (Å²) < 4.78 is 0. The third kappa shape index (κ3) is 4.62. The average Bonchev–Trinajstić information content (AvgIpc) is 2.47. The largest absolute Gasteiger partial charge is 0.240 e. The van der Waals surface area contributed by atoms with Gasteiger partial charge in [0.15, 0.2) is 0 Å². The van der Waals surface area contributed by atoms with Crippen molar-refractivity contribution in [3.8, 4) is 0 Å². The minimum absolute atomic E-state index is 0.826. The summed E-state index contributed by atoms with van der Waals surface area (Å²) in [7, 11) is 0. The Labute approximate surface area is 132 Å². The molecule has 2 rings (SSSR count). The molecule has 0 spiro atoms. The van der Waals surface area contributed by atoms with Gasteiger partial charge in [0.2, 0.25) is 12.2 Å². The first-order valence-corrected chi connectivity index (χ1v) is 8.47. The zero-order chi connectivity index (χ0) is 15.6. The first kappa shape index (κ1) is 16.6. The Morgan fingerprint density at radius 3 is 1.27 bits per heavy atom. The Morgan fingerprint density at radius 2 is 0.909 bits per heavy atom. The highest BCUT2D eigenvalue weighted by Crippen LogP contribution is 2.35.